The number of nitrogens with zero attached hydrogens (tertiary/aromatic N) is 2. The third-order valence-corrected chi connectivity index (χ3v) is 4.29. The molecule has 1 aliphatic rings. The third kappa shape index (κ3) is 4.76. The highest BCUT2D eigenvalue weighted by Gasteiger charge is 2.21. The Bertz CT molecular complexity index is 760. The molecule has 7 heteroatoms. The van der Waals surface area contributed by atoms with Gasteiger partial charge in [-0.15, -0.1) is 0 Å². The smallest absolute Gasteiger partial charge is 0.260 e. The molecule has 2 aromatic carbocycles. The maximum absolute atomic E-state index is 13.3. The Morgan fingerprint density at radius 2 is 1.62 bits per heavy atom. The number of amides is 1. The summed E-state index contributed by atoms with van der Waals surface area (Å²) in [7, 11) is 0. The van der Waals surface area contributed by atoms with Gasteiger partial charge in [-0.05, 0) is 42.0 Å². The summed E-state index contributed by atoms with van der Waals surface area (Å²) in [6.45, 7) is 2.76. The van der Waals surface area contributed by atoms with Crippen LogP contribution >= 0.6 is 0 Å². The molecule has 1 heterocycles. The van der Waals surface area contributed by atoms with Crippen molar-refractivity contribution in [1.82, 2.24) is 9.80 Å². The molecule has 0 radical (unpaired) electrons. The summed E-state index contributed by atoms with van der Waals surface area (Å²) in [5, 5.41) is 0. The normalized spacial score (nSPS) is 15.1. The Hall–Kier alpha value is -2.54. The molecule has 3 rings (SSSR count). The van der Waals surface area contributed by atoms with E-state index in [4.69, 9.17) is 4.74 Å². The molecule has 0 N–H and O–H groups in total. The van der Waals surface area contributed by atoms with Gasteiger partial charge in [0.1, 0.15) is 11.6 Å². The zero-order valence-corrected chi connectivity index (χ0v) is 14.1. The van der Waals surface area contributed by atoms with Gasteiger partial charge in [-0.1, -0.05) is 6.07 Å². The van der Waals surface area contributed by atoms with E-state index >= 15 is 0 Å². The standard InChI is InChI=1S/C19H19F3N2O2/c20-15-2-4-16(5-3-15)26-13-19(25)24-9-7-23(8-10-24)12-14-1-6-17(21)18(22)11-14/h1-6,11H,7-10,12-13H2. The van der Waals surface area contributed by atoms with Gasteiger partial charge in [0.2, 0.25) is 0 Å². The average molecular weight is 364 g/mol. The highest BCUT2D eigenvalue weighted by atomic mass is 19.2. The van der Waals surface area contributed by atoms with E-state index in [1.165, 1.54) is 30.3 Å². The second kappa shape index (κ2) is 8.23. The van der Waals surface area contributed by atoms with Gasteiger partial charge in [0, 0.05) is 32.7 Å². The SMILES string of the molecule is O=C(COc1ccc(F)cc1)N1CCN(Cc2ccc(F)c(F)c2)CC1. The molecule has 1 fully saturated rings. The van der Waals surface area contributed by atoms with Crippen LogP contribution in [0.3, 0.4) is 0 Å². The van der Waals surface area contributed by atoms with Crippen molar-refractivity contribution in [2.75, 3.05) is 32.8 Å². The predicted octanol–water partition coefficient (Wildman–Crippen LogP) is 2.83. The summed E-state index contributed by atoms with van der Waals surface area (Å²) in [5.74, 6) is -1.76. The minimum absolute atomic E-state index is 0.102. The second-order valence-electron chi connectivity index (χ2n) is 6.15. The van der Waals surface area contributed by atoms with Crippen LogP contribution in [0.15, 0.2) is 42.5 Å². The molecule has 1 saturated heterocycles. The van der Waals surface area contributed by atoms with Gasteiger partial charge >= 0.3 is 0 Å². The van der Waals surface area contributed by atoms with Crippen LogP contribution in [0, 0.1) is 17.5 Å². The van der Waals surface area contributed by atoms with Crippen molar-refractivity contribution in [3.05, 3.63) is 65.5 Å². The molecule has 138 valence electrons. The fourth-order valence-corrected chi connectivity index (χ4v) is 2.82. The summed E-state index contributed by atoms with van der Waals surface area (Å²) in [5.41, 5.74) is 0.698. The second-order valence-corrected chi connectivity index (χ2v) is 6.15. The van der Waals surface area contributed by atoms with Crippen LogP contribution in [0.4, 0.5) is 13.2 Å². The van der Waals surface area contributed by atoms with E-state index in [1.807, 2.05) is 0 Å². The zero-order chi connectivity index (χ0) is 18.5. The number of hydrogen-bond acceptors (Lipinski definition) is 3. The van der Waals surface area contributed by atoms with E-state index < -0.39 is 11.6 Å². The quantitative estimate of drug-likeness (QED) is 0.818. The molecular weight excluding hydrogens is 345 g/mol. The fourth-order valence-electron chi connectivity index (χ4n) is 2.82. The molecule has 0 bridgehead atoms. The lowest BCUT2D eigenvalue weighted by Gasteiger charge is -2.34. The maximum Gasteiger partial charge on any atom is 0.260 e. The van der Waals surface area contributed by atoms with E-state index in [2.05, 4.69) is 4.90 Å². The van der Waals surface area contributed by atoms with Gasteiger partial charge in [0.05, 0.1) is 0 Å². The number of carbonyl (C=O) groups excluding carboxylic acids is 1. The molecule has 1 amide bonds. The molecule has 4 nitrogen and oxygen atoms in total. The van der Waals surface area contributed by atoms with Crippen LogP contribution in [0.25, 0.3) is 0 Å². The van der Waals surface area contributed by atoms with Crippen molar-refractivity contribution in [1.29, 1.82) is 0 Å². The molecule has 0 atom stereocenters. The molecule has 0 aromatic heterocycles. The van der Waals surface area contributed by atoms with Gasteiger partial charge in [-0.2, -0.15) is 0 Å². The molecule has 0 spiro atoms. The average Bonchev–Trinajstić information content (AvgIpc) is 2.65. The van der Waals surface area contributed by atoms with Crippen molar-refractivity contribution >= 4 is 5.91 Å². The lowest BCUT2D eigenvalue weighted by Crippen LogP contribution is -2.49. The van der Waals surface area contributed by atoms with Crippen LogP contribution in [0.5, 0.6) is 5.75 Å². The molecule has 0 saturated carbocycles. The fraction of sp³-hybridized carbons (Fsp3) is 0.316. The van der Waals surface area contributed by atoms with E-state index in [9.17, 15) is 18.0 Å². The predicted molar refractivity (Wildman–Crippen MR) is 90.1 cm³/mol. The highest BCUT2D eigenvalue weighted by molar-refractivity contribution is 5.77. The maximum atomic E-state index is 13.3. The van der Waals surface area contributed by atoms with Crippen LogP contribution in [0.1, 0.15) is 5.56 Å². The number of hydrogen-bond donors (Lipinski definition) is 0. The monoisotopic (exact) mass is 364 g/mol. The Morgan fingerprint density at radius 1 is 0.923 bits per heavy atom. The van der Waals surface area contributed by atoms with Crippen LogP contribution < -0.4 is 4.74 Å². The minimum atomic E-state index is -0.856. The largest absolute Gasteiger partial charge is 0.484 e. The van der Waals surface area contributed by atoms with Crippen molar-refractivity contribution < 1.29 is 22.7 Å². The van der Waals surface area contributed by atoms with Crippen molar-refractivity contribution in [2.45, 2.75) is 6.54 Å². The van der Waals surface area contributed by atoms with Gasteiger partial charge in [0.15, 0.2) is 18.2 Å². The van der Waals surface area contributed by atoms with E-state index in [-0.39, 0.29) is 18.3 Å². The third-order valence-electron chi connectivity index (χ3n) is 4.29. The Kier molecular flexibility index (Phi) is 5.78. The first-order valence-corrected chi connectivity index (χ1v) is 8.34. The van der Waals surface area contributed by atoms with Crippen LogP contribution in [-0.4, -0.2) is 48.5 Å². The molecule has 0 unspecified atom stereocenters. The lowest BCUT2D eigenvalue weighted by molar-refractivity contribution is -0.135. The summed E-state index contributed by atoms with van der Waals surface area (Å²) < 4.78 is 44.4. The first-order chi connectivity index (χ1) is 12.5. The Labute approximate surface area is 149 Å². The van der Waals surface area contributed by atoms with Gasteiger partial charge < -0.3 is 9.64 Å². The van der Waals surface area contributed by atoms with Gasteiger partial charge in [-0.3, -0.25) is 9.69 Å². The van der Waals surface area contributed by atoms with Crippen molar-refractivity contribution in [2.24, 2.45) is 0 Å². The summed E-state index contributed by atoms with van der Waals surface area (Å²) in [4.78, 5) is 16.0. The molecule has 1 aliphatic heterocycles. The highest BCUT2D eigenvalue weighted by Crippen LogP contribution is 2.14. The van der Waals surface area contributed by atoms with Gasteiger partial charge in [0.25, 0.3) is 5.91 Å². The lowest BCUT2D eigenvalue weighted by atomic mass is 10.2. The zero-order valence-electron chi connectivity index (χ0n) is 14.1. The van der Waals surface area contributed by atoms with E-state index in [0.29, 0.717) is 44.0 Å². The number of rotatable bonds is 5. The molecule has 0 aliphatic carbocycles. The summed E-state index contributed by atoms with van der Waals surface area (Å²) >= 11 is 0. The number of piperazine rings is 1. The number of benzene rings is 2. The van der Waals surface area contributed by atoms with Crippen molar-refractivity contribution in [3.63, 3.8) is 0 Å². The number of ether oxygens (including phenoxy) is 1. The number of halogens is 3. The minimum Gasteiger partial charge on any atom is -0.484 e. The molecular formula is C19H19F3N2O2. The summed E-state index contributed by atoms with van der Waals surface area (Å²) in [6.07, 6.45) is 0. The summed E-state index contributed by atoms with van der Waals surface area (Å²) in [6, 6.07) is 9.38. The first-order valence-electron chi connectivity index (χ1n) is 8.34. The van der Waals surface area contributed by atoms with Crippen LogP contribution in [0.2, 0.25) is 0 Å². The number of carbonyl (C=O) groups is 1. The van der Waals surface area contributed by atoms with Gasteiger partial charge in [-0.25, -0.2) is 13.2 Å². The Morgan fingerprint density at radius 3 is 2.27 bits per heavy atom. The first kappa shape index (κ1) is 18.3. The van der Waals surface area contributed by atoms with E-state index in [1.54, 1.807) is 11.0 Å². The van der Waals surface area contributed by atoms with Crippen LogP contribution in [-0.2, 0) is 11.3 Å². The Balaban J connectivity index is 1.44. The molecule has 2 aromatic rings. The van der Waals surface area contributed by atoms with E-state index in [0.717, 1.165) is 6.07 Å². The topological polar surface area (TPSA) is 32.8 Å². The van der Waals surface area contributed by atoms with Crippen molar-refractivity contribution in [3.8, 4) is 5.75 Å². The molecule has 26 heavy (non-hydrogen) atoms.